The van der Waals surface area contributed by atoms with E-state index in [2.05, 4.69) is 10.6 Å². The van der Waals surface area contributed by atoms with Crippen LogP contribution in [0.1, 0.15) is 55.6 Å². The van der Waals surface area contributed by atoms with Gasteiger partial charge in [0.2, 0.25) is 17.7 Å². The molecule has 0 saturated heterocycles. The fourth-order valence-electron chi connectivity index (χ4n) is 5.21. The molecule has 6 rings (SSSR count). The SMILES string of the molecule is COc1ccc2cc1OCCCCN(C(=O)C1CCC1)CC(=O)NCCOc1ccc3c(c1)NC(=O)CC23. The third kappa shape index (κ3) is 5.87. The predicted octanol–water partition coefficient (Wildman–Crippen LogP) is 3.47. The summed E-state index contributed by atoms with van der Waals surface area (Å²) in [5.41, 5.74) is 2.69. The van der Waals surface area contributed by atoms with E-state index in [4.69, 9.17) is 14.2 Å². The van der Waals surface area contributed by atoms with Crippen LogP contribution in [0.4, 0.5) is 5.69 Å². The first-order valence-electron chi connectivity index (χ1n) is 13.4. The first-order chi connectivity index (χ1) is 18.5. The van der Waals surface area contributed by atoms with Crippen LogP contribution in [-0.2, 0) is 14.4 Å². The summed E-state index contributed by atoms with van der Waals surface area (Å²) in [6, 6.07) is 11.5. The Morgan fingerprint density at radius 2 is 1.87 bits per heavy atom. The zero-order chi connectivity index (χ0) is 26.5. The molecule has 0 radical (unpaired) electrons. The van der Waals surface area contributed by atoms with Crippen molar-refractivity contribution in [1.82, 2.24) is 10.2 Å². The fourth-order valence-corrected chi connectivity index (χ4v) is 5.21. The lowest BCUT2D eigenvalue weighted by atomic mass is 9.84. The van der Waals surface area contributed by atoms with Crippen molar-refractivity contribution in [2.75, 3.05) is 45.3 Å². The second-order valence-electron chi connectivity index (χ2n) is 10.1. The molecule has 0 spiro atoms. The summed E-state index contributed by atoms with van der Waals surface area (Å²) in [6.07, 6.45) is 4.62. The van der Waals surface area contributed by atoms with E-state index in [0.717, 1.165) is 36.8 Å². The molecule has 1 saturated carbocycles. The number of hydrogen-bond acceptors (Lipinski definition) is 6. The molecule has 1 fully saturated rings. The van der Waals surface area contributed by atoms with Gasteiger partial charge in [-0.15, -0.1) is 0 Å². The zero-order valence-electron chi connectivity index (χ0n) is 21.8. The number of nitrogens with zero attached hydrogens (tertiary/aromatic N) is 1. The molecule has 38 heavy (non-hydrogen) atoms. The van der Waals surface area contributed by atoms with Crippen LogP contribution in [0.25, 0.3) is 0 Å². The molecule has 1 unspecified atom stereocenters. The first-order valence-corrected chi connectivity index (χ1v) is 13.4. The number of ether oxygens (including phenoxy) is 3. The van der Waals surface area contributed by atoms with Gasteiger partial charge in [0.25, 0.3) is 0 Å². The van der Waals surface area contributed by atoms with Crippen LogP contribution >= 0.6 is 0 Å². The van der Waals surface area contributed by atoms with Gasteiger partial charge >= 0.3 is 0 Å². The van der Waals surface area contributed by atoms with Gasteiger partial charge in [0.1, 0.15) is 12.4 Å². The predicted molar refractivity (Wildman–Crippen MR) is 142 cm³/mol. The van der Waals surface area contributed by atoms with Gasteiger partial charge in [-0.1, -0.05) is 18.6 Å². The maximum Gasteiger partial charge on any atom is 0.239 e. The van der Waals surface area contributed by atoms with Crippen LogP contribution in [0.2, 0.25) is 0 Å². The quantitative estimate of drug-likeness (QED) is 0.587. The topological polar surface area (TPSA) is 106 Å². The van der Waals surface area contributed by atoms with Gasteiger partial charge in [-0.2, -0.15) is 0 Å². The number of hydrogen-bond donors (Lipinski definition) is 2. The highest BCUT2D eigenvalue weighted by atomic mass is 16.5. The Morgan fingerprint density at radius 3 is 2.66 bits per heavy atom. The molecule has 1 atom stereocenters. The van der Waals surface area contributed by atoms with E-state index < -0.39 is 0 Å². The van der Waals surface area contributed by atoms with Crippen LogP contribution in [0, 0.1) is 5.92 Å². The summed E-state index contributed by atoms with van der Waals surface area (Å²) < 4.78 is 17.5. The Labute approximate surface area is 222 Å². The molecule has 9 heteroatoms. The number of benzene rings is 2. The Bertz CT molecular complexity index is 1190. The van der Waals surface area contributed by atoms with Crippen LogP contribution < -0.4 is 24.8 Å². The Morgan fingerprint density at radius 1 is 1.00 bits per heavy atom. The molecule has 6 bridgehead atoms. The Balaban J connectivity index is 1.39. The van der Waals surface area contributed by atoms with E-state index in [1.54, 1.807) is 12.0 Å². The van der Waals surface area contributed by atoms with Gasteiger partial charge in [0.05, 0.1) is 26.8 Å². The largest absolute Gasteiger partial charge is 0.493 e. The average Bonchev–Trinajstić information content (AvgIpc) is 2.88. The van der Waals surface area contributed by atoms with Crippen molar-refractivity contribution in [3.63, 3.8) is 0 Å². The van der Waals surface area contributed by atoms with Crippen LogP contribution in [0.15, 0.2) is 36.4 Å². The van der Waals surface area contributed by atoms with E-state index in [1.165, 1.54) is 0 Å². The van der Waals surface area contributed by atoms with Crippen LogP contribution in [-0.4, -0.2) is 62.6 Å². The van der Waals surface area contributed by atoms with E-state index in [9.17, 15) is 14.4 Å². The van der Waals surface area contributed by atoms with Crippen molar-refractivity contribution >= 4 is 23.4 Å². The highest BCUT2D eigenvalue weighted by Gasteiger charge is 2.30. The third-order valence-electron chi connectivity index (χ3n) is 7.53. The smallest absolute Gasteiger partial charge is 0.239 e. The number of nitrogens with one attached hydrogen (secondary N) is 2. The minimum Gasteiger partial charge on any atom is -0.493 e. The second kappa shape index (κ2) is 11.8. The van der Waals surface area contributed by atoms with Gasteiger partial charge in [-0.05, 0) is 55.0 Å². The molecule has 9 nitrogen and oxygen atoms in total. The van der Waals surface area contributed by atoms with E-state index in [1.807, 2.05) is 36.4 Å². The lowest BCUT2D eigenvalue weighted by molar-refractivity contribution is -0.141. The molecule has 2 aromatic rings. The van der Waals surface area contributed by atoms with Crippen molar-refractivity contribution < 1.29 is 28.6 Å². The van der Waals surface area contributed by atoms with E-state index in [0.29, 0.717) is 55.5 Å². The maximum absolute atomic E-state index is 13.0. The molecule has 0 aromatic heterocycles. The monoisotopic (exact) mass is 521 g/mol. The minimum absolute atomic E-state index is 0.0316. The summed E-state index contributed by atoms with van der Waals surface area (Å²) in [5.74, 6) is 1.56. The molecule has 202 valence electrons. The van der Waals surface area contributed by atoms with Gasteiger partial charge < -0.3 is 29.7 Å². The molecule has 2 aromatic carbocycles. The summed E-state index contributed by atoms with van der Waals surface area (Å²) in [6.45, 7) is 1.58. The fraction of sp³-hybridized carbons (Fsp3) is 0.483. The average molecular weight is 522 g/mol. The minimum atomic E-state index is -0.200. The number of fused-ring (bicyclic) bond motifs is 12. The number of methoxy groups -OCH3 is 1. The normalized spacial score (nSPS) is 20.8. The van der Waals surface area contributed by atoms with Gasteiger partial charge in [-0.25, -0.2) is 0 Å². The maximum atomic E-state index is 13.0. The number of amides is 3. The molecular weight excluding hydrogens is 486 g/mol. The third-order valence-corrected chi connectivity index (χ3v) is 7.53. The van der Waals surface area contributed by atoms with Crippen LogP contribution in [0.5, 0.6) is 17.2 Å². The van der Waals surface area contributed by atoms with E-state index in [-0.39, 0.29) is 42.7 Å². The van der Waals surface area contributed by atoms with Gasteiger partial charge in [-0.3, -0.25) is 14.4 Å². The van der Waals surface area contributed by atoms with Crippen LogP contribution in [0.3, 0.4) is 0 Å². The van der Waals surface area contributed by atoms with Gasteiger partial charge in [0, 0.05) is 36.6 Å². The highest BCUT2D eigenvalue weighted by molar-refractivity contribution is 5.95. The number of anilines is 1. The molecule has 3 heterocycles. The highest BCUT2D eigenvalue weighted by Crippen LogP contribution is 2.41. The van der Waals surface area contributed by atoms with Crippen molar-refractivity contribution in [2.24, 2.45) is 5.92 Å². The van der Waals surface area contributed by atoms with Gasteiger partial charge in [0.15, 0.2) is 11.5 Å². The standard InChI is InChI=1S/C29H35N3O6/c1-36-25-10-7-20-15-26(25)38-13-3-2-12-32(29(35)19-5-4-6-19)18-28(34)30-11-14-37-21-8-9-22-23(20)17-27(33)31-24(22)16-21/h7-10,15-16,19,23H,2-6,11-14,17-18H2,1H3,(H,30,34)(H,31,33). The lowest BCUT2D eigenvalue weighted by Crippen LogP contribution is -2.45. The Kier molecular flexibility index (Phi) is 8.00. The zero-order valence-corrected chi connectivity index (χ0v) is 21.8. The molecule has 2 N–H and O–H groups in total. The Hall–Kier alpha value is -3.75. The van der Waals surface area contributed by atoms with Crippen molar-refractivity contribution in [2.45, 2.75) is 44.4 Å². The van der Waals surface area contributed by atoms with Crippen molar-refractivity contribution in [1.29, 1.82) is 0 Å². The number of rotatable bonds is 2. The molecule has 3 amide bonds. The summed E-state index contributed by atoms with van der Waals surface area (Å²) in [5, 5.41) is 5.82. The summed E-state index contributed by atoms with van der Waals surface area (Å²) in [4.78, 5) is 39.8. The first kappa shape index (κ1) is 25.9. The second-order valence-corrected chi connectivity index (χ2v) is 10.1. The summed E-state index contributed by atoms with van der Waals surface area (Å²) >= 11 is 0. The number of carbonyl (C=O) groups is 3. The lowest BCUT2D eigenvalue weighted by Gasteiger charge is -2.31. The number of carbonyl (C=O) groups excluding carboxylic acids is 3. The van der Waals surface area contributed by atoms with Crippen molar-refractivity contribution in [3.8, 4) is 17.2 Å². The summed E-state index contributed by atoms with van der Waals surface area (Å²) in [7, 11) is 1.60. The van der Waals surface area contributed by atoms with Crippen molar-refractivity contribution in [3.05, 3.63) is 47.5 Å². The molecular formula is C29H35N3O6. The molecule has 4 aliphatic rings. The molecule has 3 aliphatic heterocycles. The van der Waals surface area contributed by atoms with E-state index >= 15 is 0 Å². The molecule has 1 aliphatic carbocycles.